The van der Waals surface area contributed by atoms with Crippen molar-refractivity contribution in [3.8, 4) is 0 Å². The third-order valence-corrected chi connectivity index (χ3v) is 5.14. The molecule has 12 heteroatoms. The minimum atomic E-state index is -5.08. The lowest BCUT2D eigenvalue weighted by Crippen LogP contribution is -2.34. The van der Waals surface area contributed by atoms with Gasteiger partial charge >= 0.3 is 12.1 Å². The van der Waals surface area contributed by atoms with Crippen LogP contribution >= 0.6 is 0 Å². The topological polar surface area (TPSA) is 119 Å². The lowest BCUT2D eigenvalue weighted by atomic mass is 9.86. The number of halogens is 3. The minimum Gasteiger partial charge on any atom is -0.475 e. The summed E-state index contributed by atoms with van der Waals surface area (Å²) in [6.45, 7) is 3.74. The Morgan fingerprint density at radius 3 is 2.52 bits per heavy atom. The van der Waals surface area contributed by atoms with Crippen molar-refractivity contribution in [1.29, 1.82) is 0 Å². The summed E-state index contributed by atoms with van der Waals surface area (Å²) in [6, 6.07) is 7.32. The van der Waals surface area contributed by atoms with Crippen LogP contribution in [0.25, 0.3) is 0 Å². The van der Waals surface area contributed by atoms with Gasteiger partial charge in [-0.2, -0.15) is 18.3 Å². The Morgan fingerprint density at radius 2 is 1.97 bits per heavy atom. The Labute approximate surface area is 174 Å². The average molecular weight is 439 g/mol. The number of aromatic amines is 1. The molecule has 0 aliphatic carbocycles. The molecule has 2 aromatic heterocycles. The second-order valence-electron chi connectivity index (χ2n) is 7.56. The number of aromatic nitrogens is 3. The number of aryl methyl sites for hydroxylation is 1. The van der Waals surface area contributed by atoms with Crippen LogP contribution < -0.4 is 4.90 Å². The molecule has 4 heterocycles. The molecule has 2 fully saturated rings. The molecule has 1 spiro atoms. The van der Waals surface area contributed by atoms with E-state index in [1.54, 1.807) is 17.2 Å². The van der Waals surface area contributed by atoms with Gasteiger partial charge in [-0.1, -0.05) is 6.07 Å². The van der Waals surface area contributed by atoms with Gasteiger partial charge in [0.2, 0.25) is 5.91 Å². The monoisotopic (exact) mass is 439 g/mol. The molecule has 0 saturated carbocycles. The molecular formula is C19H20F3N5O4. The number of hydrogen-bond acceptors (Lipinski definition) is 5. The number of aliphatic carboxylic acids is 1. The van der Waals surface area contributed by atoms with Crippen LogP contribution in [0.4, 0.5) is 19.0 Å². The zero-order valence-electron chi connectivity index (χ0n) is 16.5. The molecule has 166 valence electrons. The number of H-pyrrole nitrogens is 1. The van der Waals surface area contributed by atoms with Crippen LogP contribution in [-0.2, 0) is 9.59 Å². The van der Waals surface area contributed by atoms with E-state index in [4.69, 9.17) is 9.90 Å². The number of carbonyl (C=O) groups excluding carboxylic acids is 2. The van der Waals surface area contributed by atoms with E-state index in [0.717, 1.165) is 12.1 Å². The summed E-state index contributed by atoms with van der Waals surface area (Å²) < 4.78 is 31.7. The molecular weight excluding hydrogens is 419 g/mol. The van der Waals surface area contributed by atoms with E-state index < -0.39 is 12.1 Å². The Bertz CT molecular complexity index is 978. The van der Waals surface area contributed by atoms with Crippen molar-refractivity contribution >= 4 is 23.6 Å². The predicted octanol–water partition coefficient (Wildman–Crippen LogP) is 2.02. The van der Waals surface area contributed by atoms with E-state index in [2.05, 4.69) is 15.2 Å². The zero-order chi connectivity index (χ0) is 22.8. The van der Waals surface area contributed by atoms with Crippen LogP contribution in [0.5, 0.6) is 0 Å². The van der Waals surface area contributed by atoms with Crippen LogP contribution in [0.1, 0.15) is 29.0 Å². The number of likely N-dealkylation sites (tertiary alicyclic amines) is 1. The van der Waals surface area contributed by atoms with Gasteiger partial charge in [-0.05, 0) is 31.5 Å². The fourth-order valence-corrected chi connectivity index (χ4v) is 3.69. The van der Waals surface area contributed by atoms with Gasteiger partial charge in [-0.15, -0.1) is 0 Å². The lowest BCUT2D eigenvalue weighted by molar-refractivity contribution is -0.192. The summed E-state index contributed by atoms with van der Waals surface area (Å²) >= 11 is 0. The molecule has 1 unspecified atom stereocenters. The molecule has 2 saturated heterocycles. The summed E-state index contributed by atoms with van der Waals surface area (Å²) in [6.07, 6.45) is -2.10. The Kier molecular flexibility index (Phi) is 6.00. The first-order chi connectivity index (χ1) is 14.5. The highest BCUT2D eigenvalue weighted by atomic mass is 19.4. The number of carbonyl (C=O) groups is 3. The quantitative estimate of drug-likeness (QED) is 0.739. The van der Waals surface area contributed by atoms with Gasteiger partial charge < -0.3 is 10.0 Å². The van der Waals surface area contributed by atoms with Gasteiger partial charge in [-0.3, -0.25) is 19.6 Å². The number of rotatable bonds is 2. The molecule has 2 aromatic rings. The van der Waals surface area contributed by atoms with Gasteiger partial charge in [0, 0.05) is 43.4 Å². The second kappa shape index (κ2) is 8.36. The number of carboxylic acid groups (broad SMARTS) is 1. The van der Waals surface area contributed by atoms with Crippen LogP contribution in [0.2, 0.25) is 0 Å². The number of nitrogens with zero attached hydrogens (tertiary/aromatic N) is 4. The maximum absolute atomic E-state index is 12.6. The molecule has 2 amide bonds. The third-order valence-electron chi connectivity index (χ3n) is 5.14. The summed E-state index contributed by atoms with van der Waals surface area (Å²) in [5, 5.41) is 14.0. The maximum atomic E-state index is 12.6. The highest BCUT2D eigenvalue weighted by Crippen LogP contribution is 2.41. The molecule has 2 N–H and O–H groups in total. The highest BCUT2D eigenvalue weighted by Gasteiger charge is 2.49. The first-order valence-corrected chi connectivity index (χ1v) is 9.34. The summed E-state index contributed by atoms with van der Waals surface area (Å²) in [5.74, 6) is -2.06. The SMILES string of the molecule is Cc1cc(C(=O)N2CCC3(CC(=O)N(c4ccccn4)C3)C2)n[nH]1.O=C(O)C(F)(F)F. The van der Waals surface area contributed by atoms with Crippen LogP contribution in [0.3, 0.4) is 0 Å². The standard InChI is InChI=1S/C17H19N5O2.C2HF3O2/c1-12-8-13(20-19-12)16(24)21-7-5-17(10-21)9-15(23)22(11-17)14-4-2-3-6-18-14;3-2(4,5)1(6)7/h2-4,6,8H,5,7,9-11H2,1H3,(H,19,20);(H,6,7). The summed E-state index contributed by atoms with van der Waals surface area (Å²) in [4.78, 5) is 41.7. The first-order valence-electron chi connectivity index (χ1n) is 9.34. The summed E-state index contributed by atoms with van der Waals surface area (Å²) in [5.41, 5.74) is 1.13. The number of carboxylic acids is 1. The largest absolute Gasteiger partial charge is 0.490 e. The number of amides is 2. The van der Waals surface area contributed by atoms with E-state index in [1.165, 1.54) is 0 Å². The number of anilines is 1. The number of nitrogens with one attached hydrogen (secondary N) is 1. The molecule has 0 bridgehead atoms. The number of alkyl halides is 3. The van der Waals surface area contributed by atoms with Crippen LogP contribution in [0, 0.1) is 12.3 Å². The van der Waals surface area contributed by atoms with Crippen molar-refractivity contribution in [2.45, 2.75) is 25.9 Å². The zero-order valence-corrected chi connectivity index (χ0v) is 16.5. The smallest absolute Gasteiger partial charge is 0.475 e. The highest BCUT2D eigenvalue weighted by molar-refractivity contribution is 5.96. The van der Waals surface area contributed by atoms with Gasteiger partial charge in [0.15, 0.2) is 0 Å². The van der Waals surface area contributed by atoms with Crippen molar-refractivity contribution < 1.29 is 32.7 Å². The van der Waals surface area contributed by atoms with Gasteiger partial charge in [0.25, 0.3) is 5.91 Å². The molecule has 4 rings (SSSR count). The lowest BCUT2D eigenvalue weighted by Gasteiger charge is -2.23. The second-order valence-corrected chi connectivity index (χ2v) is 7.56. The molecule has 1 atom stereocenters. The average Bonchev–Trinajstić information content (AvgIpc) is 3.41. The Balaban J connectivity index is 0.000000339. The normalized spacial score (nSPS) is 20.7. The maximum Gasteiger partial charge on any atom is 0.490 e. The minimum absolute atomic E-state index is 0.0695. The van der Waals surface area contributed by atoms with Crippen molar-refractivity contribution in [2.75, 3.05) is 24.5 Å². The van der Waals surface area contributed by atoms with E-state index in [1.807, 2.05) is 30.0 Å². The van der Waals surface area contributed by atoms with Crippen LogP contribution in [0.15, 0.2) is 30.5 Å². The molecule has 0 radical (unpaired) electrons. The van der Waals surface area contributed by atoms with Gasteiger partial charge in [0.1, 0.15) is 11.5 Å². The predicted molar refractivity (Wildman–Crippen MR) is 101 cm³/mol. The number of hydrogen-bond donors (Lipinski definition) is 2. The Morgan fingerprint density at radius 1 is 1.26 bits per heavy atom. The molecule has 31 heavy (non-hydrogen) atoms. The summed E-state index contributed by atoms with van der Waals surface area (Å²) in [7, 11) is 0. The van der Waals surface area contributed by atoms with E-state index >= 15 is 0 Å². The third kappa shape index (κ3) is 5.01. The fourth-order valence-electron chi connectivity index (χ4n) is 3.69. The number of pyridine rings is 1. The van der Waals surface area contributed by atoms with E-state index in [-0.39, 0.29) is 17.2 Å². The van der Waals surface area contributed by atoms with Crippen molar-refractivity contribution in [3.05, 3.63) is 41.9 Å². The van der Waals surface area contributed by atoms with E-state index in [0.29, 0.717) is 37.6 Å². The van der Waals surface area contributed by atoms with Crippen LogP contribution in [-0.4, -0.2) is 68.8 Å². The molecule has 2 aliphatic rings. The molecule has 2 aliphatic heterocycles. The molecule has 9 nitrogen and oxygen atoms in total. The first kappa shape index (κ1) is 22.2. The van der Waals surface area contributed by atoms with Crippen molar-refractivity contribution in [2.24, 2.45) is 5.41 Å². The van der Waals surface area contributed by atoms with Gasteiger partial charge in [-0.25, -0.2) is 9.78 Å². The van der Waals surface area contributed by atoms with Crippen molar-refractivity contribution in [1.82, 2.24) is 20.1 Å². The van der Waals surface area contributed by atoms with E-state index in [9.17, 15) is 22.8 Å². The Hall–Kier alpha value is -3.44. The van der Waals surface area contributed by atoms with Gasteiger partial charge in [0.05, 0.1) is 0 Å². The molecule has 0 aromatic carbocycles. The van der Waals surface area contributed by atoms with Crippen molar-refractivity contribution in [3.63, 3.8) is 0 Å². The fraction of sp³-hybridized carbons (Fsp3) is 0.421.